The monoisotopic (exact) mass is 686 g/mol. The number of hydrogen-bond donors (Lipinski definition) is 4. The second-order valence-corrected chi connectivity index (χ2v) is 12.6. The summed E-state index contributed by atoms with van der Waals surface area (Å²) < 4.78 is 28.7. The molecule has 11 heteroatoms. The number of halogens is 3. The Morgan fingerprint density at radius 3 is 2.15 bits per heavy atom. The molecule has 0 spiro atoms. The van der Waals surface area contributed by atoms with Gasteiger partial charge >= 0.3 is 5.91 Å². The maximum absolute atomic E-state index is 15.0. The quantitative estimate of drug-likeness (QED) is 0.158. The molecule has 1 aliphatic rings. The van der Waals surface area contributed by atoms with E-state index in [1.165, 1.54) is 17.7 Å². The van der Waals surface area contributed by atoms with Crippen LogP contribution in [0.1, 0.15) is 71.0 Å². The number of piperazine rings is 1. The van der Waals surface area contributed by atoms with Gasteiger partial charge in [0.25, 0.3) is 0 Å². The van der Waals surface area contributed by atoms with Crippen molar-refractivity contribution >= 4 is 29.9 Å². The van der Waals surface area contributed by atoms with Crippen LogP contribution >= 0.6 is 12.4 Å². The average molecular weight is 687 g/mol. The first-order valence-corrected chi connectivity index (χ1v) is 16.8. The van der Waals surface area contributed by atoms with Gasteiger partial charge in [0.2, 0.25) is 5.91 Å². The molecule has 2 amide bonds. The number of nitrogens with two attached hydrogens (primary N) is 1. The number of nitrogens with one attached hydrogen (secondary N) is 2. The molecule has 0 radical (unpaired) electrons. The minimum absolute atomic E-state index is 0. The van der Waals surface area contributed by atoms with E-state index in [2.05, 4.69) is 34.6 Å². The molecule has 2 unspecified atom stereocenters. The van der Waals surface area contributed by atoms with E-state index >= 15 is 4.79 Å². The molecule has 5 N–H and O–H groups in total. The van der Waals surface area contributed by atoms with Gasteiger partial charge in [0.05, 0.1) is 18.7 Å². The fraction of sp³-hybridized carbons (Fsp3) is 0.459. The van der Waals surface area contributed by atoms with Crippen LogP contribution in [-0.4, -0.2) is 79.4 Å². The Hall–Kier alpha value is -3.41. The number of carbonyl (C=O) groups is 2. The van der Waals surface area contributed by atoms with Crippen LogP contribution in [0.4, 0.5) is 14.5 Å². The van der Waals surface area contributed by atoms with E-state index in [-0.39, 0.29) is 41.3 Å². The first-order valence-electron chi connectivity index (χ1n) is 16.8. The molecule has 262 valence electrons. The summed E-state index contributed by atoms with van der Waals surface area (Å²) in [5.41, 5.74) is 9.69. The van der Waals surface area contributed by atoms with Gasteiger partial charge in [0.1, 0.15) is 23.8 Å². The van der Waals surface area contributed by atoms with Crippen LogP contribution in [0.25, 0.3) is 0 Å². The minimum atomic E-state index is -1.05. The molecule has 0 aromatic heterocycles. The number of carbonyl (C=O) groups excluding carboxylic acids is 2. The zero-order valence-corrected chi connectivity index (χ0v) is 29.1. The number of primary amides is 1. The van der Waals surface area contributed by atoms with E-state index in [0.717, 1.165) is 36.8 Å². The van der Waals surface area contributed by atoms with Crippen molar-refractivity contribution < 1.29 is 28.0 Å². The van der Waals surface area contributed by atoms with Crippen LogP contribution in [-0.2, 0) is 19.4 Å². The highest BCUT2D eigenvalue weighted by Gasteiger charge is 2.47. The lowest BCUT2D eigenvalue weighted by molar-refractivity contribution is -0.878. The highest BCUT2D eigenvalue weighted by Crippen LogP contribution is 2.30. The third kappa shape index (κ3) is 9.83. The Labute approximate surface area is 289 Å². The number of aliphatic hydroxyl groups is 1. The van der Waals surface area contributed by atoms with Crippen LogP contribution in [0.5, 0.6) is 0 Å². The molecule has 0 saturated carbocycles. The SMILES string of the molecule is CCC[N+](CCC)(C(=O)c1cc(C(N)=O)cc(N2CCNCC2)c1)C(Cc1cc(F)cc(F)c1)C(O)CNCc1cccc(CC)c1.Cl. The van der Waals surface area contributed by atoms with Crippen molar-refractivity contribution in [1.29, 1.82) is 0 Å². The predicted octanol–water partition coefficient (Wildman–Crippen LogP) is 5.00. The molecular weight excluding hydrogens is 636 g/mol. The third-order valence-electron chi connectivity index (χ3n) is 9.11. The normalized spacial score (nSPS) is 14.7. The van der Waals surface area contributed by atoms with Gasteiger partial charge < -0.3 is 26.4 Å². The molecule has 0 aliphatic carbocycles. The smallest absolute Gasteiger partial charge is 0.346 e. The van der Waals surface area contributed by atoms with E-state index in [9.17, 15) is 18.7 Å². The lowest BCUT2D eigenvalue weighted by Gasteiger charge is -2.44. The Balaban J connectivity index is 0.00000625. The lowest BCUT2D eigenvalue weighted by Crippen LogP contribution is -2.65. The first-order chi connectivity index (χ1) is 22.6. The van der Waals surface area contributed by atoms with E-state index in [1.54, 1.807) is 12.1 Å². The Kier molecular flexibility index (Phi) is 14.9. The number of benzene rings is 3. The van der Waals surface area contributed by atoms with Gasteiger partial charge in [-0.05, 0) is 66.3 Å². The molecule has 2 atom stereocenters. The van der Waals surface area contributed by atoms with Crippen molar-refractivity contribution in [2.45, 2.75) is 65.1 Å². The fourth-order valence-electron chi connectivity index (χ4n) is 6.91. The highest BCUT2D eigenvalue weighted by molar-refractivity contribution is 5.98. The molecule has 4 rings (SSSR count). The van der Waals surface area contributed by atoms with Crippen molar-refractivity contribution in [2.24, 2.45) is 5.73 Å². The summed E-state index contributed by atoms with van der Waals surface area (Å²) in [5, 5.41) is 18.6. The molecule has 1 fully saturated rings. The molecular formula is C37H51ClF2N5O3+. The lowest BCUT2D eigenvalue weighted by atomic mass is 9.93. The number of nitrogens with zero attached hydrogens (tertiary/aromatic N) is 2. The van der Waals surface area contributed by atoms with Crippen molar-refractivity contribution in [3.63, 3.8) is 0 Å². The van der Waals surface area contributed by atoms with Gasteiger partial charge in [-0.2, -0.15) is 0 Å². The maximum Gasteiger partial charge on any atom is 0.346 e. The van der Waals surface area contributed by atoms with Gasteiger partial charge in [-0.3, -0.25) is 9.28 Å². The number of rotatable bonds is 16. The highest BCUT2D eigenvalue weighted by atomic mass is 35.5. The summed E-state index contributed by atoms with van der Waals surface area (Å²) in [6.45, 7) is 10.4. The van der Waals surface area contributed by atoms with Gasteiger partial charge in [-0.1, -0.05) is 45.0 Å². The zero-order valence-electron chi connectivity index (χ0n) is 28.3. The van der Waals surface area contributed by atoms with Crippen LogP contribution in [0.2, 0.25) is 0 Å². The standard InChI is InChI=1S/C37H49F2N5O3.ClH/c1-4-14-44(15-5-2,37(47)30-20-29(36(40)46)21-33(22-30)43-12-10-41-11-13-43)34(19-28-17-31(38)23-32(39)18-28)35(45)25-42-24-27-9-7-8-26(6-3)16-27;/h7-9,16-18,20-23,34-35,41-42,45H,4-6,10-15,19,24-25H2,1-3H3,(H-,40,46);1H/p+1. The number of quaternary nitrogens is 1. The molecule has 1 aliphatic heterocycles. The molecule has 1 saturated heterocycles. The molecule has 1 heterocycles. The minimum Gasteiger partial charge on any atom is -0.386 e. The Bertz CT molecular complexity index is 1490. The Morgan fingerprint density at radius 2 is 1.54 bits per heavy atom. The van der Waals surface area contributed by atoms with Gasteiger partial charge in [-0.15, -0.1) is 12.4 Å². The van der Waals surface area contributed by atoms with Gasteiger partial charge in [0.15, 0.2) is 0 Å². The first kappa shape index (κ1) is 39.0. The maximum atomic E-state index is 15.0. The second-order valence-electron chi connectivity index (χ2n) is 12.6. The van der Waals surface area contributed by atoms with Crippen molar-refractivity contribution in [3.05, 3.63) is 100 Å². The van der Waals surface area contributed by atoms with E-state index in [1.807, 2.05) is 32.0 Å². The summed E-state index contributed by atoms with van der Waals surface area (Å²) in [7, 11) is 0. The largest absolute Gasteiger partial charge is 0.386 e. The van der Waals surface area contributed by atoms with Crippen molar-refractivity contribution in [1.82, 2.24) is 10.6 Å². The zero-order chi connectivity index (χ0) is 34.0. The second kappa shape index (κ2) is 18.4. The number of anilines is 1. The Morgan fingerprint density at radius 1 is 0.917 bits per heavy atom. The van der Waals surface area contributed by atoms with Crippen LogP contribution in [0, 0.1) is 11.6 Å². The summed E-state index contributed by atoms with van der Waals surface area (Å²) >= 11 is 0. The number of amides is 2. The number of aryl methyl sites for hydroxylation is 1. The van der Waals surface area contributed by atoms with Gasteiger partial charge in [-0.25, -0.2) is 13.6 Å². The number of aliphatic hydroxyl groups excluding tert-OH is 1. The topological polar surface area (TPSA) is 108 Å². The van der Waals surface area contributed by atoms with Gasteiger partial charge in [0, 0.05) is 63.0 Å². The summed E-state index contributed by atoms with van der Waals surface area (Å²) in [5.74, 6) is -2.33. The molecule has 8 nitrogen and oxygen atoms in total. The summed E-state index contributed by atoms with van der Waals surface area (Å²) in [4.78, 5) is 29.6. The summed E-state index contributed by atoms with van der Waals surface area (Å²) in [6.07, 6.45) is 1.15. The van der Waals surface area contributed by atoms with Crippen molar-refractivity contribution in [2.75, 3.05) is 50.7 Å². The van der Waals surface area contributed by atoms with Crippen LogP contribution < -0.4 is 21.3 Å². The van der Waals surface area contributed by atoms with E-state index in [4.69, 9.17) is 5.73 Å². The molecule has 3 aromatic carbocycles. The third-order valence-corrected chi connectivity index (χ3v) is 9.11. The summed E-state index contributed by atoms with van der Waals surface area (Å²) in [6, 6.07) is 15.9. The predicted molar refractivity (Wildman–Crippen MR) is 190 cm³/mol. The average Bonchev–Trinajstić information content (AvgIpc) is 3.06. The van der Waals surface area contributed by atoms with E-state index in [0.29, 0.717) is 56.7 Å². The van der Waals surface area contributed by atoms with Crippen LogP contribution in [0.15, 0.2) is 60.7 Å². The molecule has 0 bridgehead atoms. The number of hydrogen-bond acceptors (Lipinski definition) is 6. The van der Waals surface area contributed by atoms with E-state index < -0.39 is 29.7 Å². The fourth-order valence-corrected chi connectivity index (χ4v) is 6.91. The molecule has 48 heavy (non-hydrogen) atoms. The molecule has 3 aromatic rings. The van der Waals surface area contributed by atoms with Crippen LogP contribution in [0.3, 0.4) is 0 Å². The van der Waals surface area contributed by atoms with Crippen molar-refractivity contribution in [3.8, 4) is 0 Å².